The summed E-state index contributed by atoms with van der Waals surface area (Å²) in [6, 6.07) is 26.2. The molecule has 0 fully saturated rings. The van der Waals surface area contributed by atoms with E-state index in [9.17, 15) is 8.42 Å². The Bertz CT molecular complexity index is 1710. The number of benzene rings is 3. The molecule has 5 rings (SSSR count). The molecule has 0 aliphatic heterocycles. The van der Waals surface area contributed by atoms with Crippen LogP contribution in [-0.2, 0) is 22.9 Å². The molecule has 0 saturated heterocycles. The van der Waals surface area contributed by atoms with Crippen LogP contribution in [-0.4, -0.2) is 53.9 Å². The van der Waals surface area contributed by atoms with Gasteiger partial charge in [0, 0.05) is 30.7 Å². The average molecular weight is 571 g/mol. The Morgan fingerprint density at radius 1 is 0.951 bits per heavy atom. The van der Waals surface area contributed by atoms with Gasteiger partial charge in [-0.3, -0.25) is 0 Å². The number of anilines is 4. The van der Waals surface area contributed by atoms with Crippen LogP contribution in [0.15, 0.2) is 91.4 Å². The fourth-order valence-electron chi connectivity index (χ4n) is 4.53. The van der Waals surface area contributed by atoms with Gasteiger partial charge in [-0.05, 0) is 74.3 Å². The van der Waals surface area contributed by atoms with Crippen molar-refractivity contribution in [2.45, 2.75) is 25.8 Å². The van der Waals surface area contributed by atoms with Crippen molar-refractivity contribution in [3.63, 3.8) is 0 Å². The first-order valence-corrected chi connectivity index (χ1v) is 15.1. The lowest BCUT2D eigenvalue weighted by atomic mass is 10.1. The Morgan fingerprint density at radius 3 is 2.49 bits per heavy atom. The fraction of sp³-hybridized carbons (Fsp3) is 0.233. The molecule has 1 atom stereocenters. The molecule has 3 N–H and O–H groups in total. The maximum absolute atomic E-state index is 11.7. The zero-order valence-corrected chi connectivity index (χ0v) is 24.1. The van der Waals surface area contributed by atoms with Gasteiger partial charge < -0.3 is 15.6 Å². The predicted octanol–water partition coefficient (Wildman–Crippen LogP) is 4.60. The first-order valence-electron chi connectivity index (χ1n) is 13.4. The number of sulfonamides is 1. The lowest BCUT2D eigenvalue weighted by molar-refractivity contribution is 0.587. The number of nitrogens with zero attached hydrogens (tertiary/aromatic N) is 5. The van der Waals surface area contributed by atoms with Crippen LogP contribution < -0.4 is 20.4 Å². The van der Waals surface area contributed by atoms with Crippen molar-refractivity contribution in [1.82, 2.24) is 24.4 Å². The number of hydrogen-bond donors (Lipinski definition) is 3. The number of nitrogens with one attached hydrogen (secondary N) is 3. The van der Waals surface area contributed by atoms with E-state index in [1.807, 2.05) is 71.5 Å². The van der Waals surface area contributed by atoms with Gasteiger partial charge in [0.05, 0.1) is 16.8 Å². The van der Waals surface area contributed by atoms with Crippen molar-refractivity contribution in [3.05, 3.63) is 103 Å². The zero-order chi connectivity index (χ0) is 28.8. The third-order valence-electron chi connectivity index (χ3n) is 6.83. The van der Waals surface area contributed by atoms with Gasteiger partial charge in [-0.25, -0.2) is 27.8 Å². The molecule has 0 amide bonds. The molecule has 0 aliphatic rings. The molecule has 10 nitrogen and oxygen atoms in total. The Labute approximate surface area is 240 Å². The second-order valence-electron chi connectivity index (χ2n) is 9.90. The molecular weight excluding hydrogens is 536 g/mol. The van der Waals surface area contributed by atoms with Crippen LogP contribution in [0.3, 0.4) is 0 Å². The molecule has 0 aliphatic carbocycles. The molecule has 0 bridgehead atoms. The van der Waals surface area contributed by atoms with E-state index in [1.165, 1.54) is 12.6 Å². The van der Waals surface area contributed by atoms with E-state index >= 15 is 0 Å². The van der Waals surface area contributed by atoms with E-state index in [-0.39, 0.29) is 11.8 Å². The Balaban J connectivity index is 1.24. The molecule has 1 unspecified atom stereocenters. The number of aromatic nitrogens is 4. The summed E-state index contributed by atoms with van der Waals surface area (Å²) in [7, 11) is 0.142. The monoisotopic (exact) mass is 570 g/mol. The molecule has 11 heteroatoms. The normalized spacial score (nSPS) is 12.3. The third kappa shape index (κ3) is 7.19. The third-order valence-corrected chi connectivity index (χ3v) is 8.19. The largest absolute Gasteiger partial charge is 0.329 e. The maximum atomic E-state index is 11.7. The summed E-state index contributed by atoms with van der Waals surface area (Å²) in [5.41, 5.74) is 9.38. The second kappa shape index (κ2) is 12.4. The Hall–Kier alpha value is -4.48. The molecule has 0 saturated carbocycles. The van der Waals surface area contributed by atoms with Crippen LogP contribution in [0.5, 0.6) is 0 Å². The number of hydrogen-bond acceptors (Lipinski definition) is 8. The van der Waals surface area contributed by atoms with Crippen molar-refractivity contribution >= 4 is 44.2 Å². The minimum absolute atomic E-state index is 0.0453. The summed E-state index contributed by atoms with van der Waals surface area (Å²) in [5, 5.41) is 3.23. The number of aryl methyl sites for hydroxylation is 1. The molecule has 0 spiro atoms. The van der Waals surface area contributed by atoms with E-state index < -0.39 is 10.0 Å². The standard InChI is InChI=1S/C30H34N8O2S/c1-22(19-24-7-5-4-6-8-24)36-38-21-33-27-20-26(13-14-28(27)38)37(3)29-15-17-32-30(35-29)34-25-11-9-23(10-12-25)16-18-41(39,40)31-2/h4-15,17,20-22,31,36H,16,18-19H2,1-3H3,(H,32,34,35). The smallest absolute Gasteiger partial charge is 0.229 e. The lowest BCUT2D eigenvalue weighted by Crippen LogP contribution is -2.26. The highest BCUT2D eigenvalue weighted by molar-refractivity contribution is 7.89. The van der Waals surface area contributed by atoms with Gasteiger partial charge in [0.25, 0.3) is 0 Å². The first-order chi connectivity index (χ1) is 19.8. The lowest BCUT2D eigenvalue weighted by Gasteiger charge is -2.19. The maximum Gasteiger partial charge on any atom is 0.229 e. The molecule has 212 valence electrons. The van der Waals surface area contributed by atoms with Gasteiger partial charge in [-0.2, -0.15) is 4.98 Å². The van der Waals surface area contributed by atoms with Crippen molar-refractivity contribution in [2.24, 2.45) is 0 Å². The van der Waals surface area contributed by atoms with Crippen molar-refractivity contribution in [3.8, 4) is 0 Å². The van der Waals surface area contributed by atoms with Gasteiger partial charge in [0.2, 0.25) is 16.0 Å². The quantitative estimate of drug-likeness (QED) is 0.199. The molecule has 3 aromatic carbocycles. The van der Waals surface area contributed by atoms with Crippen molar-refractivity contribution in [2.75, 3.05) is 35.5 Å². The zero-order valence-electron chi connectivity index (χ0n) is 23.3. The minimum atomic E-state index is -3.24. The van der Waals surface area contributed by atoms with Crippen LogP contribution in [0.1, 0.15) is 18.1 Å². The van der Waals surface area contributed by atoms with Gasteiger partial charge in [-0.1, -0.05) is 42.5 Å². The van der Waals surface area contributed by atoms with E-state index in [0.717, 1.165) is 40.2 Å². The average Bonchev–Trinajstić information content (AvgIpc) is 3.38. The molecule has 41 heavy (non-hydrogen) atoms. The molecule has 0 radical (unpaired) electrons. The molecule has 2 aromatic heterocycles. The van der Waals surface area contributed by atoms with Crippen LogP contribution in [0, 0.1) is 0 Å². The SMILES string of the molecule is CNS(=O)(=O)CCc1ccc(Nc2nccc(N(C)c3ccc4c(c3)ncn4NC(C)Cc3ccccc3)n2)cc1. The van der Waals surface area contributed by atoms with Crippen LogP contribution in [0.2, 0.25) is 0 Å². The van der Waals surface area contributed by atoms with E-state index in [1.54, 1.807) is 6.20 Å². The van der Waals surface area contributed by atoms with Crippen molar-refractivity contribution in [1.29, 1.82) is 0 Å². The minimum Gasteiger partial charge on any atom is -0.329 e. The highest BCUT2D eigenvalue weighted by Gasteiger charge is 2.12. The summed E-state index contributed by atoms with van der Waals surface area (Å²) in [6.45, 7) is 2.16. The van der Waals surface area contributed by atoms with Gasteiger partial charge in [0.1, 0.15) is 12.1 Å². The van der Waals surface area contributed by atoms with Crippen LogP contribution in [0.25, 0.3) is 11.0 Å². The van der Waals surface area contributed by atoms with Gasteiger partial charge in [-0.15, -0.1) is 0 Å². The van der Waals surface area contributed by atoms with Crippen molar-refractivity contribution < 1.29 is 8.42 Å². The Morgan fingerprint density at radius 2 is 1.73 bits per heavy atom. The summed E-state index contributed by atoms with van der Waals surface area (Å²) in [5.74, 6) is 1.23. The van der Waals surface area contributed by atoms with E-state index in [4.69, 9.17) is 0 Å². The van der Waals surface area contributed by atoms with E-state index in [0.29, 0.717) is 12.4 Å². The molecule has 5 aromatic rings. The summed E-state index contributed by atoms with van der Waals surface area (Å²) in [4.78, 5) is 15.7. The number of rotatable bonds is 12. The highest BCUT2D eigenvalue weighted by Crippen LogP contribution is 2.26. The summed E-state index contributed by atoms with van der Waals surface area (Å²) in [6.07, 6.45) is 4.87. The first kappa shape index (κ1) is 28.1. The van der Waals surface area contributed by atoms with Gasteiger partial charge in [0.15, 0.2) is 0 Å². The number of fused-ring (bicyclic) bond motifs is 1. The van der Waals surface area contributed by atoms with Gasteiger partial charge >= 0.3 is 0 Å². The van der Waals surface area contributed by atoms with Crippen LogP contribution in [0.4, 0.5) is 23.1 Å². The van der Waals surface area contributed by atoms with Crippen LogP contribution >= 0.6 is 0 Å². The fourth-order valence-corrected chi connectivity index (χ4v) is 5.24. The summed E-state index contributed by atoms with van der Waals surface area (Å²) < 4.78 is 27.7. The molecule has 2 heterocycles. The highest BCUT2D eigenvalue weighted by atomic mass is 32.2. The molecular formula is C30H34N8O2S. The summed E-state index contributed by atoms with van der Waals surface area (Å²) >= 11 is 0. The Kier molecular flexibility index (Phi) is 8.46. The number of imidazole rings is 1. The second-order valence-corrected chi connectivity index (χ2v) is 11.9. The van der Waals surface area contributed by atoms with E-state index in [2.05, 4.69) is 67.7 Å². The predicted molar refractivity (Wildman–Crippen MR) is 165 cm³/mol. The topological polar surface area (TPSA) is 117 Å².